The van der Waals surface area contributed by atoms with Crippen LogP contribution in [0.15, 0.2) is 24.3 Å². The molecule has 1 aromatic carbocycles. The zero-order valence-electron chi connectivity index (χ0n) is 13.7. The number of benzene rings is 1. The van der Waals surface area contributed by atoms with Gasteiger partial charge in [-0.25, -0.2) is 0 Å². The monoisotopic (exact) mass is 271 g/mol. The van der Waals surface area contributed by atoms with Crippen LogP contribution in [-0.4, -0.2) is 6.04 Å². The second-order valence-electron chi connectivity index (χ2n) is 8.15. The lowest BCUT2D eigenvalue weighted by atomic mass is 9.68. The third-order valence-corrected chi connectivity index (χ3v) is 6.26. The van der Waals surface area contributed by atoms with Crippen molar-refractivity contribution in [1.82, 2.24) is 5.32 Å². The van der Waals surface area contributed by atoms with Crippen LogP contribution >= 0.6 is 0 Å². The highest BCUT2D eigenvalue weighted by Gasteiger charge is 2.59. The Morgan fingerprint density at radius 1 is 1.15 bits per heavy atom. The maximum Gasteiger partial charge on any atom is 0.0294 e. The van der Waals surface area contributed by atoms with E-state index in [9.17, 15) is 0 Å². The highest BCUT2D eigenvalue weighted by molar-refractivity contribution is 5.24. The molecule has 2 aliphatic carbocycles. The zero-order valence-corrected chi connectivity index (χ0v) is 13.7. The summed E-state index contributed by atoms with van der Waals surface area (Å²) in [7, 11) is 0. The van der Waals surface area contributed by atoms with Crippen molar-refractivity contribution in [2.24, 2.45) is 16.7 Å². The Labute approximate surface area is 124 Å². The molecular formula is C19H29N. The third kappa shape index (κ3) is 2.11. The SMILES string of the molecule is Cc1ccc([C@H](C)NC2C(C)(C)[C@H]3CC[C@]2(C)C3)cc1. The fourth-order valence-corrected chi connectivity index (χ4v) is 4.92. The number of hydrogen-bond acceptors (Lipinski definition) is 1. The van der Waals surface area contributed by atoms with Crippen molar-refractivity contribution in [2.45, 2.75) is 66.0 Å². The smallest absolute Gasteiger partial charge is 0.0294 e. The van der Waals surface area contributed by atoms with Gasteiger partial charge in [0.1, 0.15) is 0 Å². The van der Waals surface area contributed by atoms with Gasteiger partial charge < -0.3 is 5.32 Å². The van der Waals surface area contributed by atoms with E-state index in [0.717, 1.165) is 5.92 Å². The molecule has 1 aromatic rings. The van der Waals surface area contributed by atoms with E-state index in [0.29, 0.717) is 22.9 Å². The van der Waals surface area contributed by atoms with Crippen LogP contribution in [-0.2, 0) is 0 Å². The maximum atomic E-state index is 3.98. The molecule has 0 saturated heterocycles. The molecule has 2 aliphatic rings. The first-order chi connectivity index (χ1) is 9.33. The standard InChI is InChI=1S/C19H29N/c1-13-6-8-15(9-7-13)14(2)20-17-18(3,4)16-10-11-19(17,5)12-16/h6-9,14,16-17,20H,10-12H2,1-5H3/t14-,16-,17?,19+/m0/s1. The van der Waals surface area contributed by atoms with Crippen molar-refractivity contribution in [3.05, 3.63) is 35.4 Å². The molecule has 0 amide bonds. The minimum atomic E-state index is 0.436. The molecule has 1 nitrogen and oxygen atoms in total. The van der Waals surface area contributed by atoms with E-state index >= 15 is 0 Å². The lowest BCUT2D eigenvalue weighted by Gasteiger charge is -2.44. The van der Waals surface area contributed by atoms with E-state index in [1.165, 1.54) is 30.4 Å². The molecular weight excluding hydrogens is 242 g/mol. The molecule has 0 aromatic heterocycles. The van der Waals surface area contributed by atoms with Gasteiger partial charge in [-0.1, -0.05) is 50.6 Å². The van der Waals surface area contributed by atoms with Crippen LogP contribution in [0.3, 0.4) is 0 Å². The summed E-state index contributed by atoms with van der Waals surface area (Å²) < 4.78 is 0. The predicted molar refractivity (Wildman–Crippen MR) is 85.7 cm³/mol. The van der Waals surface area contributed by atoms with Gasteiger partial charge in [0.05, 0.1) is 0 Å². The summed E-state index contributed by atoms with van der Waals surface area (Å²) in [5.74, 6) is 0.912. The highest BCUT2D eigenvalue weighted by Crippen LogP contribution is 2.62. The van der Waals surface area contributed by atoms with Crippen LogP contribution in [0.5, 0.6) is 0 Å². The molecule has 4 atom stereocenters. The maximum absolute atomic E-state index is 3.98. The molecule has 1 N–H and O–H groups in total. The van der Waals surface area contributed by atoms with Crippen LogP contribution in [0.25, 0.3) is 0 Å². The summed E-state index contributed by atoms with van der Waals surface area (Å²) in [5.41, 5.74) is 3.70. The summed E-state index contributed by atoms with van der Waals surface area (Å²) in [4.78, 5) is 0. The fourth-order valence-electron chi connectivity index (χ4n) is 4.92. The van der Waals surface area contributed by atoms with E-state index in [1.807, 2.05) is 0 Å². The van der Waals surface area contributed by atoms with Gasteiger partial charge in [0, 0.05) is 12.1 Å². The molecule has 3 rings (SSSR count). The van der Waals surface area contributed by atoms with Gasteiger partial charge in [0.25, 0.3) is 0 Å². The van der Waals surface area contributed by atoms with Crippen molar-refractivity contribution < 1.29 is 0 Å². The molecule has 1 heteroatoms. The van der Waals surface area contributed by atoms with Gasteiger partial charge in [-0.3, -0.25) is 0 Å². The van der Waals surface area contributed by atoms with Crippen LogP contribution in [0.1, 0.15) is 64.1 Å². The van der Waals surface area contributed by atoms with Gasteiger partial charge >= 0.3 is 0 Å². The summed E-state index contributed by atoms with van der Waals surface area (Å²) in [6, 6.07) is 10.1. The fraction of sp³-hybridized carbons (Fsp3) is 0.684. The minimum Gasteiger partial charge on any atom is -0.306 e. The van der Waals surface area contributed by atoms with E-state index in [1.54, 1.807) is 0 Å². The Kier molecular flexibility index (Phi) is 3.25. The highest BCUT2D eigenvalue weighted by atomic mass is 15.0. The molecule has 2 bridgehead atoms. The summed E-state index contributed by atoms with van der Waals surface area (Å²) in [5, 5.41) is 3.98. The first-order valence-electron chi connectivity index (χ1n) is 8.15. The van der Waals surface area contributed by atoms with Crippen LogP contribution in [0.4, 0.5) is 0 Å². The number of aryl methyl sites for hydroxylation is 1. The third-order valence-electron chi connectivity index (χ3n) is 6.26. The van der Waals surface area contributed by atoms with Gasteiger partial charge in [0.15, 0.2) is 0 Å². The van der Waals surface area contributed by atoms with Crippen molar-refractivity contribution >= 4 is 0 Å². The number of fused-ring (bicyclic) bond motifs is 2. The zero-order chi connectivity index (χ0) is 14.5. The summed E-state index contributed by atoms with van der Waals surface area (Å²) >= 11 is 0. The number of hydrogen-bond donors (Lipinski definition) is 1. The number of nitrogens with one attached hydrogen (secondary N) is 1. The van der Waals surface area contributed by atoms with E-state index in [2.05, 4.69) is 64.2 Å². The van der Waals surface area contributed by atoms with Crippen LogP contribution in [0, 0.1) is 23.7 Å². The average Bonchev–Trinajstić information content (AvgIpc) is 2.86. The predicted octanol–water partition coefficient (Wildman–Crippen LogP) is 4.86. The summed E-state index contributed by atoms with van der Waals surface area (Å²) in [6.45, 7) is 11.9. The van der Waals surface area contributed by atoms with E-state index < -0.39 is 0 Å². The van der Waals surface area contributed by atoms with Crippen molar-refractivity contribution in [1.29, 1.82) is 0 Å². The first-order valence-corrected chi connectivity index (χ1v) is 8.15. The normalized spacial score (nSPS) is 36.2. The van der Waals surface area contributed by atoms with Gasteiger partial charge in [-0.15, -0.1) is 0 Å². The Morgan fingerprint density at radius 3 is 2.35 bits per heavy atom. The number of rotatable bonds is 3. The van der Waals surface area contributed by atoms with Crippen molar-refractivity contribution in [3.63, 3.8) is 0 Å². The summed E-state index contributed by atoms with van der Waals surface area (Å²) in [6.07, 6.45) is 4.25. The molecule has 110 valence electrons. The molecule has 20 heavy (non-hydrogen) atoms. The van der Waals surface area contributed by atoms with Gasteiger partial charge in [0.2, 0.25) is 0 Å². The van der Waals surface area contributed by atoms with Crippen molar-refractivity contribution in [2.75, 3.05) is 0 Å². The molecule has 0 aliphatic heterocycles. The second-order valence-corrected chi connectivity index (χ2v) is 8.15. The first kappa shape index (κ1) is 14.1. The Hall–Kier alpha value is -0.820. The molecule has 2 saturated carbocycles. The Morgan fingerprint density at radius 2 is 1.80 bits per heavy atom. The second kappa shape index (κ2) is 4.59. The van der Waals surface area contributed by atoms with E-state index in [-0.39, 0.29) is 0 Å². The lowest BCUT2D eigenvalue weighted by Crippen LogP contribution is -2.50. The quantitative estimate of drug-likeness (QED) is 0.827. The van der Waals surface area contributed by atoms with Crippen LogP contribution in [0.2, 0.25) is 0 Å². The molecule has 1 unspecified atom stereocenters. The molecule has 0 spiro atoms. The molecule has 0 heterocycles. The molecule has 0 radical (unpaired) electrons. The minimum absolute atomic E-state index is 0.436. The van der Waals surface area contributed by atoms with E-state index in [4.69, 9.17) is 0 Å². The Balaban J connectivity index is 1.78. The van der Waals surface area contributed by atoms with Gasteiger partial charge in [-0.2, -0.15) is 0 Å². The van der Waals surface area contributed by atoms with Gasteiger partial charge in [-0.05, 0) is 55.4 Å². The van der Waals surface area contributed by atoms with Crippen molar-refractivity contribution in [3.8, 4) is 0 Å². The topological polar surface area (TPSA) is 12.0 Å². The average molecular weight is 271 g/mol. The lowest BCUT2D eigenvalue weighted by molar-refractivity contribution is 0.100. The molecule has 2 fully saturated rings. The largest absolute Gasteiger partial charge is 0.306 e. The van der Waals surface area contributed by atoms with Crippen LogP contribution < -0.4 is 5.32 Å². The Bertz CT molecular complexity index is 482.